The molecule has 8 heteroatoms. The summed E-state index contributed by atoms with van der Waals surface area (Å²) in [4.78, 5) is 23.6. The molecule has 164 valence electrons. The van der Waals surface area contributed by atoms with Gasteiger partial charge in [-0.3, -0.25) is 14.5 Å². The van der Waals surface area contributed by atoms with E-state index in [4.69, 9.17) is 15.1 Å². The van der Waals surface area contributed by atoms with E-state index in [1.807, 2.05) is 23.4 Å². The maximum absolute atomic E-state index is 12.0. The fraction of sp³-hybridized carbons (Fsp3) is 0.333. The van der Waals surface area contributed by atoms with Crippen molar-refractivity contribution in [2.75, 3.05) is 13.2 Å². The molecule has 0 aliphatic carbocycles. The van der Waals surface area contributed by atoms with Gasteiger partial charge < -0.3 is 14.6 Å². The molecule has 0 unspecified atom stereocenters. The Morgan fingerprint density at radius 3 is 2.88 bits per heavy atom. The summed E-state index contributed by atoms with van der Waals surface area (Å²) in [5.74, 6) is 1.14. The number of fused-ring (bicyclic) bond motifs is 2. The van der Waals surface area contributed by atoms with Gasteiger partial charge in [-0.25, -0.2) is 4.98 Å². The lowest BCUT2D eigenvalue weighted by atomic mass is 10.0. The van der Waals surface area contributed by atoms with Gasteiger partial charge >= 0.3 is 0 Å². The second-order valence-electron chi connectivity index (χ2n) is 8.08. The van der Waals surface area contributed by atoms with Gasteiger partial charge in [0.25, 0.3) is 0 Å². The fourth-order valence-electron chi connectivity index (χ4n) is 4.45. The number of aryl methyl sites for hydroxylation is 1. The van der Waals surface area contributed by atoms with Crippen LogP contribution in [0.3, 0.4) is 0 Å². The zero-order valence-electron chi connectivity index (χ0n) is 18.3. The van der Waals surface area contributed by atoms with Crippen LogP contribution in [-0.4, -0.2) is 53.4 Å². The largest absolute Gasteiger partial charge is 0.394 e. The number of carbonyl (C=O) groups is 1. The van der Waals surface area contributed by atoms with Gasteiger partial charge in [0.1, 0.15) is 5.82 Å². The van der Waals surface area contributed by atoms with Crippen molar-refractivity contribution in [3.05, 3.63) is 54.4 Å². The Morgan fingerprint density at radius 2 is 2.09 bits per heavy atom. The molecule has 0 saturated carbocycles. The second kappa shape index (κ2) is 8.20. The normalized spacial score (nSPS) is 13.5. The number of benzene rings is 1. The first-order chi connectivity index (χ1) is 15.6. The minimum absolute atomic E-state index is 0.0470. The number of aliphatic hydroxyl groups excluding tert-OH is 1. The van der Waals surface area contributed by atoms with Crippen LogP contribution in [-0.2, 0) is 30.8 Å². The Morgan fingerprint density at radius 1 is 1.22 bits per heavy atom. The Balaban J connectivity index is 1.59. The number of pyridine rings is 1. The van der Waals surface area contributed by atoms with Gasteiger partial charge in [0.15, 0.2) is 0 Å². The third kappa shape index (κ3) is 3.46. The molecule has 1 aromatic carbocycles. The number of aromatic nitrogens is 5. The van der Waals surface area contributed by atoms with E-state index < -0.39 is 0 Å². The highest BCUT2D eigenvalue weighted by Crippen LogP contribution is 2.34. The van der Waals surface area contributed by atoms with E-state index in [9.17, 15) is 4.79 Å². The molecule has 0 saturated heterocycles. The van der Waals surface area contributed by atoms with Crippen LogP contribution in [0.15, 0.2) is 42.9 Å². The summed E-state index contributed by atoms with van der Waals surface area (Å²) in [6.07, 6.45) is 6.40. The molecule has 4 aromatic rings. The van der Waals surface area contributed by atoms with Crippen molar-refractivity contribution in [1.29, 1.82) is 0 Å². The van der Waals surface area contributed by atoms with E-state index in [0.717, 1.165) is 64.3 Å². The average Bonchev–Trinajstić information content (AvgIpc) is 3.42. The van der Waals surface area contributed by atoms with Crippen molar-refractivity contribution >= 4 is 16.7 Å². The summed E-state index contributed by atoms with van der Waals surface area (Å²) in [6, 6.07) is 8.26. The number of carbonyl (C=O) groups excluding carboxylic acids is 1. The van der Waals surface area contributed by atoms with Crippen LogP contribution < -0.4 is 0 Å². The summed E-state index contributed by atoms with van der Waals surface area (Å²) in [5, 5.41) is 15.5. The zero-order valence-corrected chi connectivity index (χ0v) is 18.3. The van der Waals surface area contributed by atoms with E-state index in [1.165, 1.54) is 0 Å². The van der Waals surface area contributed by atoms with Gasteiger partial charge in [0.05, 0.1) is 43.0 Å². The number of aliphatic hydroxyl groups is 1. The van der Waals surface area contributed by atoms with Crippen LogP contribution in [0, 0.1) is 0 Å². The Kier molecular flexibility index (Phi) is 5.22. The lowest BCUT2D eigenvalue weighted by Gasteiger charge is -2.28. The number of hydrogen-bond acceptors (Lipinski definition) is 5. The first-order valence-corrected chi connectivity index (χ1v) is 11.0. The van der Waals surface area contributed by atoms with E-state index in [2.05, 4.69) is 34.8 Å². The van der Waals surface area contributed by atoms with Crippen LogP contribution in [0.25, 0.3) is 33.3 Å². The maximum Gasteiger partial charge on any atom is 0.219 e. The Bertz CT molecular complexity index is 1310. The lowest BCUT2D eigenvalue weighted by Crippen LogP contribution is -2.37. The van der Waals surface area contributed by atoms with Crippen LogP contribution >= 0.6 is 0 Å². The summed E-state index contributed by atoms with van der Waals surface area (Å²) in [7, 11) is 0. The monoisotopic (exact) mass is 430 g/mol. The highest BCUT2D eigenvalue weighted by Gasteiger charge is 2.26. The standard InChI is InChI=1S/C24H26N6O2/c1-3-23-27-24(22-15-28(16(2)32)7-8-30(22)23)19-6-4-5-17-11-21(25-13-20(17)19)18-12-26-29(14-18)9-10-31/h4-6,11-14,31H,3,7-10,15H2,1-2H3. The van der Waals surface area contributed by atoms with Crippen LogP contribution in [0.4, 0.5) is 0 Å². The highest BCUT2D eigenvalue weighted by atomic mass is 16.3. The molecule has 8 nitrogen and oxygen atoms in total. The van der Waals surface area contributed by atoms with Crippen molar-refractivity contribution in [2.45, 2.75) is 39.9 Å². The molecule has 1 aliphatic rings. The molecule has 0 spiro atoms. The molecule has 0 radical (unpaired) electrons. The Labute approximate surface area is 186 Å². The topological polar surface area (TPSA) is 89.1 Å². The van der Waals surface area contributed by atoms with Crippen molar-refractivity contribution in [1.82, 2.24) is 29.2 Å². The summed E-state index contributed by atoms with van der Waals surface area (Å²) >= 11 is 0. The second-order valence-corrected chi connectivity index (χ2v) is 8.08. The molecule has 5 rings (SSSR count). The van der Waals surface area contributed by atoms with Crippen LogP contribution in [0.5, 0.6) is 0 Å². The van der Waals surface area contributed by atoms with Gasteiger partial charge in [-0.15, -0.1) is 0 Å². The zero-order chi connectivity index (χ0) is 22.2. The Hall–Kier alpha value is -3.52. The van der Waals surface area contributed by atoms with Crippen molar-refractivity contribution < 1.29 is 9.90 Å². The number of hydrogen-bond donors (Lipinski definition) is 1. The first kappa shape index (κ1) is 20.4. The molecule has 0 atom stereocenters. The molecule has 1 N–H and O–H groups in total. The highest BCUT2D eigenvalue weighted by molar-refractivity contribution is 5.97. The average molecular weight is 431 g/mol. The fourth-order valence-corrected chi connectivity index (χ4v) is 4.45. The number of imidazole rings is 1. The van der Waals surface area contributed by atoms with Crippen molar-refractivity contribution in [3.8, 4) is 22.5 Å². The van der Waals surface area contributed by atoms with E-state index in [0.29, 0.717) is 13.1 Å². The molecular formula is C24H26N6O2. The summed E-state index contributed by atoms with van der Waals surface area (Å²) in [6.45, 7) is 6.31. The van der Waals surface area contributed by atoms with Gasteiger partial charge in [0, 0.05) is 55.3 Å². The molecule has 4 heterocycles. The van der Waals surface area contributed by atoms with Crippen molar-refractivity contribution in [2.24, 2.45) is 0 Å². The smallest absolute Gasteiger partial charge is 0.219 e. The van der Waals surface area contributed by atoms with E-state index in [-0.39, 0.29) is 12.5 Å². The van der Waals surface area contributed by atoms with Gasteiger partial charge in [0.2, 0.25) is 5.91 Å². The van der Waals surface area contributed by atoms with Gasteiger partial charge in [-0.2, -0.15) is 5.10 Å². The minimum atomic E-state index is 0.0470. The molecule has 3 aromatic heterocycles. The predicted molar refractivity (Wildman–Crippen MR) is 122 cm³/mol. The number of rotatable bonds is 5. The number of nitrogens with zero attached hydrogens (tertiary/aromatic N) is 6. The van der Waals surface area contributed by atoms with Crippen LogP contribution in [0.2, 0.25) is 0 Å². The quantitative estimate of drug-likeness (QED) is 0.526. The SMILES string of the molecule is CCc1nc(-c2cccc3cc(-c4cnn(CCO)c4)ncc23)c2n1CCN(C(C)=O)C2. The molecular weight excluding hydrogens is 404 g/mol. The lowest BCUT2D eigenvalue weighted by molar-refractivity contribution is -0.130. The molecule has 1 amide bonds. The van der Waals surface area contributed by atoms with E-state index in [1.54, 1.807) is 17.8 Å². The van der Waals surface area contributed by atoms with E-state index >= 15 is 0 Å². The third-order valence-corrected chi connectivity index (χ3v) is 6.13. The third-order valence-electron chi connectivity index (χ3n) is 6.13. The minimum Gasteiger partial charge on any atom is -0.394 e. The van der Waals surface area contributed by atoms with Crippen molar-refractivity contribution in [3.63, 3.8) is 0 Å². The number of amides is 1. The molecule has 1 aliphatic heterocycles. The van der Waals surface area contributed by atoms with Gasteiger partial charge in [-0.1, -0.05) is 25.1 Å². The summed E-state index contributed by atoms with van der Waals surface area (Å²) in [5.41, 5.74) is 4.80. The molecule has 32 heavy (non-hydrogen) atoms. The maximum atomic E-state index is 12.0. The summed E-state index contributed by atoms with van der Waals surface area (Å²) < 4.78 is 3.98. The van der Waals surface area contributed by atoms with Gasteiger partial charge in [-0.05, 0) is 11.5 Å². The van der Waals surface area contributed by atoms with Crippen LogP contribution in [0.1, 0.15) is 25.4 Å². The predicted octanol–water partition coefficient (Wildman–Crippen LogP) is 2.88. The molecule has 0 fully saturated rings. The molecule has 0 bridgehead atoms. The first-order valence-electron chi connectivity index (χ1n) is 11.0.